The molecule has 5 nitrogen and oxygen atoms in total. The van der Waals surface area contributed by atoms with Gasteiger partial charge in [-0.2, -0.15) is 13.2 Å². The lowest BCUT2D eigenvalue weighted by molar-refractivity contribution is -0.138. The number of halogens is 3. The number of benzene rings is 1. The number of ether oxygens (including phenoxy) is 1. The van der Waals surface area contributed by atoms with Gasteiger partial charge in [-0.3, -0.25) is 4.79 Å². The lowest BCUT2D eigenvalue weighted by Gasteiger charge is -2.13. The summed E-state index contributed by atoms with van der Waals surface area (Å²) >= 11 is 0. The predicted octanol–water partition coefficient (Wildman–Crippen LogP) is 2.57. The fraction of sp³-hybridized carbons (Fsp3) is 0.0769. The van der Waals surface area contributed by atoms with Crippen molar-refractivity contribution in [2.24, 2.45) is 5.73 Å². The zero-order chi connectivity index (χ0) is 15.6. The van der Waals surface area contributed by atoms with Crippen LogP contribution in [-0.4, -0.2) is 10.9 Å². The van der Waals surface area contributed by atoms with Crippen LogP contribution in [0.2, 0.25) is 0 Å². The molecule has 8 heteroatoms. The molecule has 0 aliphatic carbocycles. The van der Waals surface area contributed by atoms with Crippen LogP contribution in [0.15, 0.2) is 36.5 Å². The summed E-state index contributed by atoms with van der Waals surface area (Å²) in [5.41, 5.74) is 9.45. The first-order chi connectivity index (χ1) is 9.77. The largest absolute Gasteiger partial charge is 0.438 e. The maximum Gasteiger partial charge on any atom is 0.420 e. The van der Waals surface area contributed by atoms with Gasteiger partial charge in [0, 0.05) is 18.0 Å². The van der Waals surface area contributed by atoms with Gasteiger partial charge in [0.05, 0.1) is 5.56 Å². The van der Waals surface area contributed by atoms with Gasteiger partial charge >= 0.3 is 6.18 Å². The number of rotatable bonds is 3. The molecule has 0 aliphatic heterocycles. The number of anilines is 1. The van der Waals surface area contributed by atoms with Crippen molar-refractivity contribution in [2.75, 3.05) is 5.73 Å². The highest BCUT2D eigenvalue weighted by molar-refractivity contribution is 5.92. The number of primary amides is 1. The van der Waals surface area contributed by atoms with Crippen molar-refractivity contribution in [3.05, 3.63) is 47.7 Å². The number of aromatic nitrogens is 1. The van der Waals surface area contributed by atoms with Crippen molar-refractivity contribution in [3.8, 4) is 11.6 Å². The maximum absolute atomic E-state index is 12.9. The Bertz CT molecular complexity index is 669. The van der Waals surface area contributed by atoms with Crippen LogP contribution in [0.4, 0.5) is 18.9 Å². The Kier molecular flexibility index (Phi) is 3.70. The molecule has 0 fully saturated rings. The predicted molar refractivity (Wildman–Crippen MR) is 68.7 cm³/mol. The molecule has 21 heavy (non-hydrogen) atoms. The van der Waals surface area contributed by atoms with Crippen LogP contribution in [0.1, 0.15) is 15.9 Å². The normalized spacial score (nSPS) is 11.2. The summed E-state index contributed by atoms with van der Waals surface area (Å²) < 4.78 is 43.7. The monoisotopic (exact) mass is 297 g/mol. The van der Waals surface area contributed by atoms with E-state index in [-0.39, 0.29) is 17.1 Å². The fourth-order valence-electron chi connectivity index (χ4n) is 1.56. The summed E-state index contributed by atoms with van der Waals surface area (Å²) in [5, 5.41) is 0. The molecule has 1 aromatic carbocycles. The summed E-state index contributed by atoms with van der Waals surface area (Å²) in [7, 11) is 0. The highest BCUT2D eigenvalue weighted by atomic mass is 19.4. The number of nitrogen functional groups attached to an aromatic ring is 1. The molecule has 1 heterocycles. The average molecular weight is 297 g/mol. The van der Waals surface area contributed by atoms with Crippen LogP contribution in [0.5, 0.6) is 11.6 Å². The van der Waals surface area contributed by atoms with Crippen LogP contribution >= 0.6 is 0 Å². The Morgan fingerprint density at radius 2 is 1.90 bits per heavy atom. The van der Waals surface area contributed by atoms with Crippen LogP contribution in [0, 0.1) is 0 Å². The molecule has 0 radical (unpaired) electrons. The summed E-state index contributed by atoms with van der Waals surface area (Å²) in [6, 6.07) is 5.70. The standard InChI is InChI=1S/C13H10F3N3O2/c14-13(15,16)9-5-8(17)2-3-10(9)21-11-4-1-7(6-19-11)12(18)20/h1-6H,17H2,(H2,18,20). The van der Waals surface area contributed by atoms with E-state index in [1.54, 1.807) is 0 Å². The van der Waals surface area contributed by atoms with E-state index >= 15 is 0 Å². The van der Waals surface area contributed by atoms with E-state index in [0.29, 0.717) is 0 Å². The van der Waals surface area contributed by atoms with Crippen molar-refractivity contribution in [2.45, 2.75) is 6.18 Å². The first-order valence-electron chi connectivity index (χ1n) is 5.68. The molecule has 1 amide bonds. The number of nitrogens with zero attached hydrogens (tertiary/aromatic N) is 1. The molecule has 2 rings (SSSR count). The SMILES string of the molecule is NC(=O)c1ccc(Oc2ccc(N)cc2C(F)(F)F)nc1. The Morgan fingerprint density at radius 3 is 2.43 bits per heavy atom. The third-order valence-corrected chi connectivity index (χ3v) is 2.54. The van der Waals surface area contributed by atoms with Crippen LogP contribution in [0.3, 0.4) is 0 Å². The number of nitrogens with two attached hydrogens (primary N) is 2. The van der Waals surface area contributed by atoms with Crippen molar-refractivity contribution in [3.63, 3.8) is 0 Å². The lowest BCUT2D eigenvalue weighted by Crippen LogP contribution is -2.11. The second kappa shape index (κ2) is 5.31. The van der Waals surface area contributed by atoms with Crippen LogP contribution in [0.25, 0.3) is 0 Å². The fourth-order valence-corrected chi connectivity index (χ4v) is 1.56. The van der Waals surface area contributed by atoms with E-state index in [4.69, 9.17) is 16.2 Å². The van der Waals surface area contributed by atoms with Crippen molar-refractivity contribution in [1.29, 1.82) is 0 Å². The van der Waals surface area contributed by atoms with Gasteiger partial charge in [-0.15, -0.1) is 0 Å². The third kappa shape index (κ3) is 3.41. The van der Waals surface area contributed by atoms with E-state index in [2.05, 4.69) is 4.98 Å². The number of pyridine rings is 1. The molecule has 0 atom stereocenters. The van der Waals surface area contributed by atoms with Gasteiger partial charge in [0.2, 0.25) is 11.8 Å². The van der Waals surface area contributed by atoms with Crippen LogP contribution < -0.4 is 16.2 Å². The summed E-state index contributed by atoms with van der Waals surface area (Å²) in [5.74, 6) is -1.23. The van der Waals surface area contributed by atoms with Gasteiger partial charge in [0.1, 0.15) is 11.3 Å². The molecule has 2 aromatic rings. The number of hydrogen-bond donors (Lipinski definition) is 2. The zero-order valence-corrected chi connectivity index (χ0v) is 10.5. The van der Waals surface area contributed by atoms with Crippen molar-refractivity contribution >= 4 is 11.6 Å². The van der Waals surface area contributed by atoms with E-state index in [1.165, 1.54) is 18.2 Å². The number of carbonyl (C=O) groups is 1. The number of alkyl halides is 3. The molecule has 0 bridgehead atoms. The summed E-state index contributed by atoms with van der Waals surface area (Å²) in [6.45, 7) is 0. The first kappa shape index (κ1) is 14.6. The summed E-state index contributed by atoms with van der Waals surface area (Å²) in [4.78, 5) is 14.6. The minimum atomic E-state index is -4.61. The van der Waals surface area contributed by atoms with E-state index < -0.39 is 23.4 Å². The molecule has 1 aromatic heterocycles. The lowest BCUT2D eigenvalue weighted by atomic mass is 10.1. The highest BCUT2D eigenvalue weighted by Gasteiger charge is 2.34. The Morgan fingerprint density at radius 1 is 1.19 bits per heavy atom. The topological polar surface area (TPSA) is 91.2 Å². The number of carbonyl (C=O) groups excluding carboxylic acids is 1. The minimum absolute atomic E-state index is 0.0355. The van der Waals surface area contributed by atoms with Crippen molar-refractivity contribution < 1.29 is 22.7 Å². The quantitative estimate of drug-likeness (QED) is 0.852. The molecule has 0 aliphatic rings. The molecule has 0 saturated heterocycles. The van der Waals surface area contributed by atoms with E-state index in [9.17, 15) is 18.0 Å². The Labute approximate surface area is 117 Å². The molecule has 0 spiro atoms. The molecular weight excluding hydrogens is 287 g/mol. The zero-order valence-electron chi connectivity index (χ0n) is 10.5. The second-order valence-corrected chi connectivity index (χ2v) is 4.10. The van der Waals surface area contributed by atoms with Gasteiger partial charge in [-0.25, -0.2) is 4.98 Å². The smallest absolute Gasteiger partial charge is 0.420 e. The van der Waals surface area contributed by atoms with Gasteiger partial charge in [0.25, 0.3) is 0 Å². The van der Waals surface area contributed by atoms with Crippen LogP contribution in [-0.2, 0) is 6.18 Å². The average Bonchev–Trinajstić information content (AvgIpc) is 2.40. The molecule has 0 unspecified atom stereocenters. The molecule has 110 valence electrons. The Hall–Kier alpha value is -2.77. The second-order valence-electron chi connectivity index (χ2n) is 4.10. The van der Waals surface area contributed by atoms with E-state index in [0.717, 1.165) is 18.3 Å². The van der Waals surface area contributed by atoms with Gasteiger partial charge < -0.3 is 16.2 Å². The Balaban J connectivity index is 2.33. The number of hydrogen-bond acceptors (Lipinski definition) is 4. The molecule has 0 saturated carbocycles. The van der Waals surface area contributed by atoms with Gasteiger partial charge in [0.15, 0.2) is 0 Å². The number of amides is 1. The van der Waals surface area contributed by atoms with Crippen molar-refractivity contribution in [1.82, 2.24) is 4.98 Å². The van der Waals surface area contributed by atoms with Gasteiger partial charge in [-0.1, -0.05) is 0 Å². The first-order valence-corrected chi connectivity index (χ1v) is 5.68. The van der Waals surface area contributed by atoms with E-state index in [1.807, 2.05) is 0 Å². The summed E-state index contributed by atoms with van der Waals surface area (Å²) in [6.07, 6.45) is -3.50. The van der Waals surface area contributed by atoms with Gasteiger partial charge in [-0.05, 0) is 24.3 Å². The minimum Gasteiger partial charge on any atom is -0.438 e. The molecule has 4 N–H and O–H groups in total. The highest BCUT2D eigenvalue weighted by Crippen LogP contribution is 2.38. The molecular formula is C13H10F3N3O2. The maximum atomic E-state index is 12.9. The third-order valence-electron chi connectivity index (χ3n) is 2.54.